The van der Waals surface area contributed by atoms with Gasteiger partial charge in [0.2, 0.25) is 0 Å². The molecule has 0 aromatic heterocycles. The zero-order chi connectivity index (χ0) is 11.5. The molecule has 1 heterocycles. The fourth-order valence-electron chi connectivity index (χ4n) is 2.03. The Labute approximate surface area is 99.0 Å². The van der Waals surface area contributed by atoms with E-state index in [1.54, 1.807) is 0 Å². The molecule has 1 aliphatic rings. The van der Waals surface area contributed by atoms with Gasteiger partial charge >= 0.3 is 0 Å². The van der Waals surface area contributed by atoms with E-state index in [0.717, 1.165) is 17.0 Å². The summed E-state index contributed by atoms with van der Waals surface area (Å²) in [6, 6.07) is 0. The van der Waals surface area contributed by atoms with Gasteiger partial charge in [0.1, 0.15) is 0 Å². The van der Waals surface area contributed by atoms with Crippen LogP contribution in [-0.2, 0) is 0 Å². The number of hydrogen-bond acceptors (Lipinski definition) is 3. The van der Waals surface area contributed by atoms with E-state index < -0.39 is 0 Å². The van der Waals surface area contributed by atoms with E-state index in [0.29, 0.717) is 5.41 Å². The van der Waals surface area contributed by atoms with Crippen molar-refractivity contribution < 1.29 is 0 Å². The van der Waals surface area contributed by atoms with E-state index in [-0.39, 0.29) is 0 Å². The van der Waals surface area contributed by atoms with Crippen molar-refractivity contribution in [2.24, 2.45) is 11.1 Å². The van der Waals surface area contributed by atoms with Crippen molar-refractivity contribution in [2.45, 2.75) is 44.6 Å². The molecule has 1 rings (SSSR count). The number of thioether (sulfide) groups is 1. The van der Waals surface area contributed by atoms with Gasteiger partial charge in [-0.1, -0.05) is 27.7 Å². The van der Waals surface area contributed by atoms with Crippen LogP contribution in [0.1, 0.15) is 34.1 Å². The van der Waals surface area contributed by atoms with Gasteiger partial charge in [0.05, 0.1) is 0 Å². The second-order valence-corrected chi connectivity index (χ2v) is 7.52. The zero-order valence-corrected chi connectivity index (χ0v) is 11.4. The van der Waals surface area contributed by atoms with E-state index >= 15 is 0 Å². The molecule has 2 N–H and O–H groups in total. The first-order valence-electron chi connectivity index (χ1n) is 6.01. The van der Waals surface area contributed by atoms with Crippen LogP contribution in [0.5, 0.6) is 0 Å². The van der Waals surface area contributed by atoms with Gasteiger partial charge in [-0.15, -0.1) is 0 Å². The zero-order valence-electron chi connectivity index (χ0n) is 10.6. The third kappa shape index (κ3) is 4.75. The fourth-order valence-corrected chi connectivity index (χ4v) is 3.42. The van der Waals surface area contributed by atoms with Crippen molar-refractivity contribution in [1.82, 2.24) is 4.90 Å². The third-order valence-electron chi connectivity index (χ3n) is 3.15. The minimum Gasteiger partial charge on any atom is -0.330 e. The molecule has 0 aromatic rings. The highest BCUT2D eigenvalue weighted by Crippen LogP contribution is 2.26. The molecule has 1 fully saturated rings. The molecule has 0 radical (unpaired) electrons. The molecule has 2 nitrogen and oxygen atoms in total. The topological polar surface area (TPSA) is 29.3 Å². The molecule has 0 amide bonds. The second kappa shape index (κ2) is 5.55. The van der Waals surface area contributed by atoms with E-state index in [1.165, 1.54) is 26.1 Å². The first-order valence-corrected chi connectivity index (χ1v) is 6.95. The van der Waals surface area contributed by atoms with Gasteiger partial charge < -0.3 is 10.6 Å². The summed E-state index contributed by atoms with van der Waals surface area (Å²) in [5, 5.41) is 1.57. The standard InChI is InChI=1S/C12H26N2S/c1-10-7-14(8-11(2)15-10)6-5-12(3,4)9-13/h10-11H,5-9,13H2,1-4H3. The lowest BCUT2D eigenvalue weighted by Gasteiger charge is -2.36. The van der Waals surface area contributed by atoms with E-state index in [4.69, 9.17) is 5.73 Å². The fraction of sp³-hybridized carbons (Fsp3) is 1.00. The van der Waals surface area contributed by atoms with Gasteiger partial charge in [-0.2, -0.15) is 11.8 Å². The van der Waals surface area contributed by atoms with Gasteiger partial charge in [0, 0.05) is 23.6 Å². The van der Waals surface area contributed by atoms with E-state index in [2.05, 4.69) is 44.4 Å². The molecule has 90 valence electrons. The van der Waals surface area contributed by atoms with Crippen LogP contribution < -0.4 is 5.73 Å². The summed E-state index contributed by atoms with van der Waals surface area (Å²) < 4.78 is 0. The Morgan fingerprint density at radius 1 is 1.27 bits per heavy atom. The second-order valence-electron chi connectivity index (χ2n) is 5.64. The van der Waals surface area contributed by atoms with Gasteiger partial charge in [-0.25, -0.2) is 0 Å². The summed E-state index contributed by atoms with van der Waals surface area (Å²) in [5.41, 5.74) is 6.06. The minimum absolute atomic E-state index is 0.303. The summed E-state index contributed by atoms with van der Waals surface area (Å²) in [6.45, 7) is 13.7. The van der Waals surface area contributed by atoms with Crippen molar-refractivity contribution in [3.8, 4) is 0 Å². The Hall–Kier alpha value is 0.270. The molecule has 0 spiro atoms. The first kappa shape index (κ1) is 13.3. The lowest BCUT2D eigenvalue weighted by atomic mass is 9.89. The van der Waals surface area contributed by atoms with Crippen molar-refractivity contribution in [2.75, 3.05) is 26.2 Å². The Kier molecular flexibility index (Phi) is 4.94. The molecule has 0 bridgehead atoms. The molecule has 2 unspecified atom stereocenters. The Morgan fingerprint density at radius 2 is 1.80 bits per heavy atom. The van der Waals surface area contributed by atoms with Crippen molar-refractivity contribution in [3.05, 3.63) is 0 Å². The lowest BCUT2D eigenvalue weighted by molar-refractivity contribution is 0.219. The summed E-state index contributed by atoms with van der Waals surface area (Å²) in [7, 11) is 0. The average molecular weight is 230 g/mol. The molecule has 3 heteroatoms. The van der Waals surface area contributed by atoms with Crippen molar-refractivity contribution in [1.29, 1.82) is 0 Å². The van der Waals surface area contributed by atoms with Gasteiger partial charge in [0.15, 0.2) is 0 Å². The SMILES string of the molecule is CC1CN(CCC(C)(C)CN)CC(C)S1. The van der Waals surface area contributed by atoms with Crippen LogP contribution in [0.25, 0.3) is 0 Å². The molecule has 0 aromatic carbocycles. The molecule has 1 aliphatic heterocycles. The number of nitrogens with zero attached hydrogens (tertiary/aromatic N) is 1. The normalized spacial score (nSPS) is 29.4. The van der Waals surface area contributed by atoms with Gasteiger partial charge in [0.25, 0.3) is 0 Å². The van der Waals surface area contributed by atoms with Crippen LogP contribution in [0, 0.1) is 5.41 Å². The van der Waals surface area contributed by atoms with Crippen LogP contribution in [0.4, 0.5) is 0 Å². The smallest absolute Gasteiger partial charge is 0.0149 e. The number of hydrogen-bond donors (Lipinski definition) is 1. The largest absolute Gasteiger partial charge is 0.330 e. The van der Waals surface area contributed by atoms with E-state index in [9.17, 15) is 0 Å². The summed E-state index contributed by atoms with van der Waals surface area (Å²) in [5.74, 6) is 0. The summed E-state index contributed by atoms with van der Waals surface area (Å²) in [4.78, 5) is 2.60. The summed E-state index contributed by atoms with van der Waals surface area (Å²) >= 11 is 2.12. The summed E-state index contributed by atoms with van der Waals surface area (Å²) in [6.07, 6.45) is 1.22. The van der Waals surface area contributed by atoms with Crippen LogP contribution in [0.15, 0.2) is 0 Å². The van der Waals surface area contributed by atoms with Gasteiger partial charge in [-0.3, -0.25) is 0 Å². The van der Waals surface area contributed by atoms with Crippen molar-refractivity contribution in [3.63, 3.8) is 0 Å². The molecule has 15 heavy (non-hydrogen) atoms. The quantitative estimate of drug-likeness (QED) is 0.803. The third-order valence-corrected chi connectivity index (χ3v) is 4.38. The molecule has 1 saturated heterocycles. The van der Waals surface area contributed by atoms with Crippen LogP contribution >= 0.6 is 11.8 Å². The monoisotopic (exact) mass is 230 g/mol. The highest BCUT2D eigenvalue weighted by molar-refractivity contribution is 8.00. The Morgan fingerprint density at radius 3 is 2.27 bits per heavy atom. The van der Waals surface area contributed by atoms with Crippen LogP contribution in [0.2, 0.25) is 0 Å². The Balaban J connectivity index is 2.32. The van der Waals surface area contributed by atoms with E-state index in [1.807, 2.05) is 0 Å². The number of nitrogens with two attached hydrogens (primary N) is 1. The van der Waals surface area contributed by atoms with Crippen molar-refractivity contribution >= 4 is 11.8 Å². The molecule has 2 atom stereocenters. The maximum absolute atomic E-state index is 5.75. The first-order chi connectivity index (χ1) is 6.93. The molecule has 0 saturated carbocycles. The molecular formula is C12H26N2S. The molecular weight excluding hydrogens is 204 g/mol. The lowest BCUT2D eigenvalue weighted by Crippen LogP contribution is -2.42. The van der Waals surface area contributed by atoms with Gasteiger partial charge in [-0.05, 0) is 24.9 Å². The minimum atomic E-state index is 0.303. The van der Waals surface area contributed by atoms with Crippen LogP contribution in [0.3, 0.4) is 0 Å². The Bertz CT molecular complexity index is 184. The molecule has 0 aliphatic carbocycles. The average Bonchev–Trinajstić information content (AvgIpc) is 2.14. The predicted molar refractivity (Wildman–Crippen MR) is 70.4 cm³/mol. The number of rotatable bonds is 4. The highest BCUT2D eigenvalue weighted by atomic mass is 32.2. The van der Waals surface area contributed by atoms with Crippen LogP contribution in [-0.4, -0.2) is 41.6 Å². The maximum atomic E-state index is 5.75. The maximum Gasteiger partial charge on any atom is 0.0149 e. The highest BCUT2D eigenvalue weighted by Gasteiger charge is 2.24. The predicted octanol–water partition coefficient (Wildman–Crippen LogP) is 2.19.